The molecule has 12 heteroatoms. The third kappa shape index (κ3) is 4.52. The molecule has 1 rings (SSSR count). The number of hydrogen-bond donors (Lipinski definition) is 2. The van der Waals surface area contributed by atoms with Gasteiger partial charge in [-0.2, -0.15) is 4.39 Å². The third-order valence-electron chi connectivity index (χ3n) is 2.91. The number of benzene rings is 1. The summed E-state index contributed by atoms with van der Waals surface area (Å²) >= 11 is 0. The van der Waals surface area contributed by atoms with Crippen LogP contribution in [0.1, 0.15) is 41.5 Å². The Morgan fingerprint density at radius 1 is 0.692 bits per heavy atom. The van der Waals surface area contributed by atoms with E-state index in [1.54, 1.807) is 41.5 Å². The topological polar surface area (TPSA) is 153 Å². The van der Waals surface area contributed by atoms with Crippen LogP contribution in [0.4, 0.5) is 32.8 Å². The Bertz CT molecular complexity index is 726. The average molecular weight is 373 g/mol. The Balaban J connectivity index is 4.13. The van der Waals surface area contributed by atoms with E-state index in [9.17, 15) is 34.7 Å². The van der Waals surface area contributed by atoms with Crippen molar-refractivity contribution in [2.24, 2.45) is 0 Å². The first-order valence-corrected chi connectivity index (χ1v) is 7.46. The molecule has 0 atom stereocenters. The Kier molecular flexibility index (Phi) is 5.40. The molecule has 0 amide bonds. The second-order valence-corrected chi connectivity index (χ2v) is 7.63. The van der Waals surface area contributed by atoms with Crippen molar-refractivity contribution in [3.63, 3.8) is 0 Å². The summed E-state index contributed by atoms with van der Waals surface area (Å²) in [6.45, 7) is 9.31. The van der Waals surface area contributed by atoms with Gasteiger partial charge in [0.05, 0.1) is 14.8 Å². The summed E-state index contributed by atoms with van der Waals surface area (Å²) in [6.07, 6.45) is 0. The van der Waals surface area contributed by atoms with Crippen LogP contribution in [-0.4, -0.2) is 25.8 Å². The van der Waals surface area contributed by atoms with E-state index in [-0.39, 0.29) is 0 Å². The van der Waals surface area contributed by atoms with Gasteiger partial charge < -0.3 is 10.6 Å². The van der Waals surface area contributed by atoms with E-state index >= 15 is 0 Å². The summed E-state index contributed by atoms with van der Waals surface area (Å²) in [4.78, 5) is 30.9. The van der Waals surface area contributed by atoms with Gasteiger partial charge in [0.25, 0.3) is 5.82 Å². The van der Waals surface area contributed by atoms with Crippen molar-refractivity contribution >= 4 is 28.4 Å². The highest BCUT2D eigenvalue weighted by Crippen LogP contribution is 2.50. The van der Waals surface area contributed by atoms with Crippen LogP contribution in [0.3, 0.4) is 0 Å². The van der Waals surface area contributed by atoms with Crippen molar-refractivity contribution < 1.29 is 19.2 Å². The van der Waals surface area contributed by atoms with Gasteiger partial charge in [0, 0.05) is 11.1 Å². The van der Waals surface area contributed by atoms with Crippen LogP contribution in [0.2, 0.25) is 0 Å². The molecule has 1 aromatic carbocycles. The number of nitrogens with one attached hydrogen (secondary N) is 2. The largest absolute Gasteiger partial charge is 0.369 e. The van der Waals surface area contributed by atoms with Crippen LogP contribution in [0, 0.1) is 36.2 Å². The molecule has 144 valence electrons. The molecule has 0 spiro atoms. The summed E-state index contributed by atoms with van der Waals surface area (Å²) in [5.74, 6) is -1.76. The third-order valence-corrected chi connectivity index (χ3v) is 2.91. The Morgan fingerprint density at radius 2 is 0.962 bits per heavy atom. The van der Waals surface area contributed by atoms with Crippen molar-refractivity contribution in [3.05, 3.63) is 36.2 Å². The molecule has 0 radical (unpaired) electrons. The monoisotopic (exact) mass is 373 g/mol. The highest BCUT2D eigenvalue weighted by atomic mass is 19.1. The van der Waals surface area contributed by atoms with E-state index in [1.165, 1.54) is 0 Å². The standard InChI is InChI=1S/C14H20FN5O6/c1-13(2,3)16-8-10(18(21)22)7(15)11(19(23)24)9(12(8)20(25)26)17-14(4,5)6/h16-17H,1-6H3. The van der Waals surface area contributed by atoms with Gasteiger partial charge in [-0.15, -0.1) is 0 Å². The quantitative estimate of drug-likeness (QED) is 0.580. The fourth-order valence-electron chi connectivity index (χ4n) is 2.19. The number of rotatable bonds is 5. The fraction of sp³-hybridized carbons (Fsp3) is 0.571. The van der Waals surface area contributed by atoms with Gasteiger partial charge in [0.15, 0.2) is 11.4 Å². The SMILES string of the molecule is CC(C)(C)Nc1c([N+](=O)[O-])c(F)c([N+](=O)[O-])c(NC(C)(C)C)c1[N+](=O)[O-]. The van der Waals surface area contributed by atoms with Crippen LogP contribution in [0.5, 0.6) is 0 Å². The first-order valence-electron chi connectivity index (χ1n) is 7.46. The highest BCUT2D eigenvalue weighted by molar-refractivity contribution is 5.91. The molecule has 2 N–H and O–H groups in total. The van der Waals surface area contributed by atoms with Gasteiger partial charge in [-0.3, -0.25) is 30.3 Å². The Hall–Kier alpha value is -3.05. The van der Waals surface area contributed by atoms with Gasteiger partial charge in [0.2, 0.25) is 0 Å². The Morgan fingerprint density at radius 3 is 1.15 bits per heavy atom. The van der Waals surface area contributed by atoms with Crippen molar-refractivity contribution in [2.45, 2.75) is 52.6 Å². The molecule has 0 aliphatic carbocycles. The summed E-state index contributed by atoms with van der Waals surface area (Å²) in [5.41, 5.74) is -6.97. The zero-order chi connectivity index (χ0) is 20.6. The molecule has 26 heavy (non-hydrogen) atoms. The van der Waals surface area contributed by atoms with Crippen LogP contribution < -0.4 is 10.6 Å². The predicted molar refractivity (Wildman–Crippen MR) is 93.1 cm³/mol. The first-order chi connectivity index (χ1) is 11.6. The van der Waals surface area contributed by atoms with Crippen LogP contribution >= 0.6 is 0 Å². The molecule has 0 saturated heterocycles. The number of hydrogen-bond acceptors (Lipinski definition) is 8. The molecule has 0 aliphatic rings. The van der Waals surface area contributed by atoms with Gasteiger partial charge in [0.1, 0.15) is 0 Å². The minimum Gasteiger partial charge on any atom is -0.369 e. The van der Waals surface area contributed by atoms with E-state index < -0.39 is 60.1 Å². The number of anilines is 2. The van der Waals surface area contributed by atoms with Crippen molar-refractivity contribution in [1.82, 2.24) is 0 Å². The lowest BCUT2D eigenvalue weighted by atomic mass is 10.0. The van der Waals surface area contributed by atoms with E-state index in [4.69, 9.17) is 0 Å². The predicted octanol–water partition coefficient (Wildman–Crippen LogP) is 3.97. The van der Waals surface area contributed by atoms with Gasteiger partial charge in [-0.05, 0) is 41.5 Å². The lowest BCUT2D eigenvalue weighted by molar-refractivity contribution is -0.404. The Labute approximate surface area is 148 Å². The van der Waals surface area contributed by atoms with Crippen molar-refractivity contribution in [2.75, 3.05) is 10.6 Å². The van der Waals surface area contributed by atoms with Gasteiger partial charge in [-0.25, -0.2) is 0 Å². The number of halogens is 1. The lowest BCUT2D eigenvalue weighted by Gasteiger charge is -2.25. The molecule has 11 nitrogen and oxygen atoms in total. The summed E-state index contributed by atoms with van der Waals surface area (Å²) in [5, 5.41) is 39.4. The molecule has 0 bridgehead atoms. The molecule has 0 heterocycles. The fourth-order valence-corrected chi connectivity index (χ4v) is 2.19. The summed E-state index contributed by atoms with van der Waals surface area (Å²) < 4.78 is 14.7. The summed E-state index contributed by atoms with van der Waals surface area (Å²) in [6, 6.07) is 0. The van der Waals surface area contributed by atoms with E-state index in [1.807, 2.05) is 0 Å². The molecule has 0 saturated carbocycles. The maximum atomic E-state index is 14.7. The van der Waals surface area contributed by atoms with Crippen molar-refractivity contribution in [3.8, 4) is 0 Å². The molecular weight excluding hydrogens is 353 g/mol. The van der Waals surface area contributed by atoms with Gasteiger partial charge >= 0.3 is 17.1 Å². The minimum atomic E-state index is -1.76. The maximum absolute atomic E-state index is 14.7. The maximum Gasteiger partial charge on any atom is 0.342 e. The van der Waals surface area contributed by atoms with Crippen LogP contribution in [-0.2, 0) is 0 Å². The molecule has 0 fully saturated rings. The van der Waals surface area contributed by atoms with Crippen molar-refractivity contribution in [1.29, 1.82) is 0 Å². The highest BCUT2D eigenvalue weighted by Gasteiger charge is 2.44. The number of nitro groups is 3. The van der Waals surface area contributed by atoms with Gasteiger partial charge in [-0.1, -0.05) is 0 Å². The van der Waals surface area contributed by atoms with E-state index in [0.717, 1.165) is 0 Å². The second kappa shape index (κ2) is 6.69. The van der Waals surface area contributed by atoms with Crippen LogP contribution in [0.15, 0.2) is 0 Å². The number of nitro benzene ring substituents is 3. The number of nitrogens with zero attached hydrogens (tertiary/aromatic N) is 3. The molecule has 0 unspecified atom stereocenters. The second-order valence-electron chi connectivity index (χ2n) is 7.63. The molecule has 0 aliphatic heterocycles. The molecule has 0 aromatic heterocycles. The van der Waals surface area contributed by atoms with Crippen LogP contribution in [0.25, 0.3) is 0 Å². The zero-order valence-electron chi connectivity index (χ0n) is 15.2. The normalized spacial score (nSPS) is 11.8. The van der Waals surface area contributed by atoms with E-state index in [2.05, 4.69) is 10.6 Å². The minimum absolute atomic E-state index is 0.734. The molecule has 1 aromatic rings. The van der Waals surface area contributed by atoms with E-state index in [0.29, 0.717) is 0 Å². The first kappa shape index (κ1) is 21.0. The smallest absolute Gasteiger partial charge is 0.342 e. The summed E-state index contributed by atoms with van der Waals surface area (Å²) in [7, 11) is 0. The lowest BCUT2D eigenvalue weighted by Crippen LogP contribution is -2.30. The zero-order valence-corrected chi connectivity index (χ0v) is 15.2. The molecular formula is C14H20FN5O6. The average Bonchev–Trinajstić information content (AvgIpc) is 2.32.